The molecule has 0 aliphatic rings. The van der Waals surface area contributed by atoms with Crippen molar-refractivity contribution < 1.29 is 0 Å². The van der Waals surface area contributed by atoms with Crippen LogP contribution in [-0.2, 0) is 19.4 Å². The zero-order valence-electron chi connectivity index (χ0n) is 17.4. The topological polar surface area (TPSA) is 58.7 Å². The van der Waals surface area contributed by atoms with Gasteiger partial charge in [-0.15, -0.1) is 0 Å². The lowest BCUT2D eigenvalue weighted by atomic mass is 9.99. The number of nitrogens with zero attached hydrogens (tertiary/aromatic N) is 3. The number of benzene rings is 2. The molecule has 0 atom stereocenters. The molecule has 0 saturated heterocycles. The molecule has 2 aromatic carbocycles. The number of hydrogen-bond donors (Lipinski definition) is 0. The van der Waals surface area contributed by atoms with E-state index in [1.54, 1.807) is 0 Å². The van der Waals surface area contributed by atoms with Crippen molar-refractivity contribution >= 4 is 0 Å². The third-order valence-electron chi connectivity index (χ3n) is 5.31. The molecule has 0 aliphatic heterocycles. The van der Waals surface area contributed by atoms with E-state index in [1.165, 1.54) is 0 Å². The van der Waals surface area contributed by atoms with E-state index in [0.29, 0.717) is 18.5 Å². The summed E-state index contributed by atoms with van der Waals surface area (Å²) in [5.41, 5.74) is 5.36. The Hall–Kier alpha value is -3.19. The van der Waals surface area contributed by atoms with Gasteiger partial charge in [-0.3, -0.25) is 9.36 Å². The molecule has 148 valence electrons. The maximum Gasteiger partial charge on any atom is 0.257 e. The van der Waals surface area contributed by atoms with Gasteiger partial charge in [0.2, 0.25) is 0 Å². The van der Waals surface area contributed by atoms with E-state index in [1.807, 2.05) is 66.9 Å². The minimum Gasteiger partial charge on any atom is -0.292 e. The van der Waals surface area contributed by atoms with Gasteiger partial charge < -0.3 is 0 Å². The normalized spacial score (nSPS) is 10.7. The molecule has 29 heavy (non-hydrogen) atoms. The number of aryl methyl sites for hydroxylation is 2. The van der Waals surface area contributed by atoms with Crippen LogP contribution in [0.15, 0.2) is 53.3 Å². The van der Waals surface area contributed by atoms with Crippen molar-refractivity contribution in [3.8, 4) is 17.2 Å². The van der Waals surface area contributed by atoms with E-state index < -0.39 is 0 Å². The van der Waals surface area contributed by atoms with Gasteiger partial charge in [-0.25, -0.2) is 4.98 Å². The summed E-state index contributed by atoms with van der Waals surface area (Å²) >= 11 is 0. The Morgan fingerprint density at radius 1 is 1.07 bits per heavy atom. The fourth-order valence-corrected chi connectivity index (χ4v) is 3.66. The highest BCUT2D eigenvalue weighted by Crippen LogP contribution is 2.23. The molecule has 0 unspecified atom stereocenters. The standard InChI is InChI=1S/C25H27N3O/c1-4-6-11-24-27-18(3)22(5-2)25(29)28(24)17-19-12-14-20(15-13-19)23-10-8-7-9-21(23)16-26/h7-10,12-15H,4-6,11,17H2,1-3H3. The van der Waals surface area contributed by atoms with Gasteiger partial charge in [-0.1, -0.05) is 62.7 Å². The molecular formula is C25H27N3O. The highest BCUT2D eigenvalue weighted by molar-refractivity contribution is 5.70. The highest BCUT2D eigenvalue weighted by atomic mass is 16.1. The second kappa shape index (κ2) is 9.34. The van der Waals surface area contributed by atoms with Gasteiger partial charge in [0.15, 0.2) is 0 Å². The Kier molecular flexibility index (Phi) is 6.61. The summed E-state index contributed by atoms with van der Waals surface area (Å²) in [5, 5.41) is 9.34. The minimum absolute atomic E-state index is 0.0741. The fraction of sp³-hybridized carbons (Fsp3) is 0.320. The lowest BCUT2D eigenvalue weighted by molar-refractivity contribution is 0.624. The Bertz CT molecular complexity index is 1090. The lowest BCUT2D eigenvalue weighted by Crippen LogP contribution is -2.30. The Morgan fingerprint density at radius 2 is 1.79 bits per heavy atom. The molecule has 1 heterocycles. The summed E-state index contributed by atoms with van der Waals surface area (Å²) in [6.07, 6.45) is 3.58. The summed E-state index contributed by atoms with van der Waals surface area (Å²) in [7, 11) is 0. The predicted octanol–water partition coefficient (Wildman–Crippen LogP) is 5.04. The van der Waals surface area contributed by atoms with Crippen molar-refractivity contribution in [2.45, 2.75) is 53.0 Å². The molecule has 0 bridgehead atoms. The van der Waals surface area contributed by atoms with E-state index in [-0.39, 0.29) is 5.56 Å². The molecule has 4 heteroatoms. The zero-order valence-corrected chi connectivity index (χ0v) is 17.4. The highest BCUT2D eigenvalue weighted by Gasteiger charge is 2.13. The number of hydrogen-bond acceptors (Lipinski definition) is 3. The molecule has 0 radical (unpaired) electrons. The van der Waals surface area contributed by atoms with Crippen LogP contribution in [0.5, 0.6) is 0 Å². The van der Waals surface area contributed by atoms with E-state index in [2.05, 4.69) is 13.0 Å². The van der Waals surface area contributed by atoms with E-state index in [0.717, 1.165) is 53.0 Å². The maximum absolute atomic E-state index is 13.1. The van der Waals surface area contributed by atoms with Gasteiger partial charge in [0, 0.05) is 17.7 Å². The second-order valence-corrected chi connectivity index (χ2v) is 7.29. The van der Waals surface area contributed by atoms with Crippen LogP contribution in [0, 0.1) is 18.3 Å². The van der Waals surface area contributed by atoms with Gasteiger partial charge >= 0.3 is 0 Å². The smallest absolute Gasteiger partial charge is 0.257 e. The van der Waals surface area contributed by atoms with Crippen LogP contribution in [0.1, 0.15) is 54.9 Å². The zero-order chi connectivity index (χ0) is 20.8. The summed E-state index contributed by atoms with van der Waals surface area (Å²) < 4.78 is 1.83. The average Bonchev–Trinajstić information content (AvgIpc) is 2.75. The first kappa shape index (κ1) is 20.5. The largest absolute Gasteiger partial charge is 0.292 e. The van der Waals surface area contributed by atoms with Crippen molar-refractivity contribution in [2.75, 3.05) is 0 Å². The van der Waals surface area contributed by atoms with Crippen molar-refractivity contribution in [1.82, 2.24) is 9.55 Å². The fourth-order valence-electron chi connectivity index (χ4n) is 3.66. The summed E-state index contributed by atoms with van der Waals surface area (Å²) in [5.74, 6) is 0.866. The van der Waals surface area contributed by atoms with Crippen molar-refractivity contribution in [3.05, 3.63) is 87.1 Å². The molecule has 4 nitrogen and oxygen atoms in total. The van der Waals surface area contributed by atoms with Crippen LogP contribution in [0.3, 0.4) is 0 Å². The van der Waals surface area contributed by atoms with Crippen LogP contribution in [0.4, 0.5) is 0 Å². The number of unbranched alkanes of at least 4 members (excludes halogenated alkanes) is 1. The monoisotopic (exact) mass is 385 g/mol. The average molecular weight is 386 g/mol. The molecule has 3 rings (SSSR count). The molecule has 0 spiro atoms. The Labute approximate surface area is 172 Å². The van der Waals surface area contributed by atoms with E-state index >= 15 is 0 Å². The molecule has 0 saturated carbocycles. The summed E-state index contributed by atoms with van der Waals surface area (Å²) in [6, 6.07) is 17.9. The van der Waals surface area contributed by atoms with Crippen LogP contribution in [-0.4, -0.2) is 9.55 Å². The van der Waals surface area contributed by atoms with Crippen LogP contribution < -0.4 is 5.56 Å². The first-order chi connectivity index (χ1) is 14.1. The third kappa shape index (κ3) is 4.46. The predicted molar refractivity (Wildman–Crippen MR) is 117 cm³/mol. The van der Waals surface area contributed by atoms with E-state index in [4.69, 9.17) is 4.98 Å². The van der Waals surface area contributed by atoms with E-state index in [9.17, 15) is 10.1 Å². The number of aromatic nitrogens is 2. The number of rotatable bonds is 7. The lowest BCUT2D eigenvalue weighted by Gasteiger charge is -2.16. The van der Waals surface area contributed by atoms with Crippen molar-refractivity contribution in [3.63, 3.8) is 0 Å². The van der Waals surface area contributed by atoms with Gasteiger partial charge in [0.1, 0.15) is 5.82 Å². The quantitative estimate of drug-likeness (QED) is 0.572. The molecule has 0 fully saturated rings. The number of nitriles is 1. The first-order valence-corrected chi connectivity index (χ1v) is 10.3. The molecular weight excluding hydrogens is 358 g/mol. The van der Waals surface area contributed by atoms with Crippen LogP contribution in [0.2, 0.25) is 0 Å². The molecule has 0 N–H and O–H groups in total. The Morgan fingerprint density at radius 3 is 2.45 bits per heavy atom. The molecule has 0 aliphatic carbocycles. The summed E-state index contributed by atoms with van der Waals surface area (Å²) in [4.78, 5) is 17.8. The van der Waals surface area contributed by atoms with Crippen molar-refractivity contribution in [2.24, 2.45) is 0 Å². The van der Waals surface area contributed by atoms with Gasteiger partial charge in [0.05, 0.1) is 18.2 Å². The molecule has 1 aromatic heterocycles. The minimum atomic E-state index is 0.0741. The van der Waals surface area contributed by atoms with Gasteiger partial charge in [-0.2, -0.15) is 5.26 Å². The maximum atomic E-state index is 13.1. The SMILES string of the molecule is CCCCc1nc(C)c(CC)c(=O)n1Cc1ccc(-c2ccccc2C#N)cc1. The van der Waals surface area contributed by atoms with Crippen LogP contribution in [0.25, 0.3) is 11.1 Å². The van der Waals surface area contributed by atoms with Crippen molar-refractivity contribution in [1.29, 1.82) is 5.26 Å². The van der Waals surface area contributed by atoms with Gasteiger partial charge in [0.25, 0.3) is 5.56 Å². The molecule has 0 amide bonds. The summed E-state index contributed by atoms with van der Waals surface area (Å²) in [6.45, 7) is 6.59. The third-order valence-corrected chi connectivity index (χ3v) is 5.31. The van der Waals surface area contributed by atoms with Gasteiger partial charge in [-0.05, 0) is 42.5 Å². The second-order valence-electron chi connectivity index (χ2n) is 7.29. The molecule has 3 aromatic rings. The Balaban J connectivity index is 1.96. The van der Waals surface area contributed by atoms with Crippen LogP contribution >= 0.6 is 0 Å². The first-order valence-electron chi connectivity index (χ1n) is 10.3.